The SMILES string of the molecule is O=C(CN1C(=O)C2CCCN2c2ncc(Cl)cc21)N1CCOCC1. The molecule has 0 bridgehead atoms. The number of pyridine rings is 1. The van der Waals surface area contributed by atoms with Crippen LogP contribution in [-0.2, 0) is 14.3 Å². The van der Waals surface area contributed by atoms with Gasteiger partial charge in [-0.25, -0.2) is 4.98 Å². The second-order valence-corrected chi connectivity index (χ2v) is 6.70. The monoisotopic (exact) mass is 350 g/mol. The Morgan fingerprint density at radius 3 is 2.92 bits per heavy atom. The van der Waals surface area contributed by atoms with E-state index in [1.165, 1.54) is 0 Å². The number of nitrogens with zero attached hydrogens (tertiary/aromatic N) is 4. The van der Waals surface area contributed by atoms with E-state index in [1.807, 2.05) is 4.90 Å². The first-order chi connectivity index (χ1) is 11.6. The van der Waals surface area contributed by atoms with Crippen LogP contribution in [-0.4, -0.2) is 67.1 Å². The van der Waals surface area contributed by atoms with Crippen LogP contribution < -0.4 is 9.80 Å². The molecule has 0 saturated carbocycles. The van der Waals surface area contributed by atoms with E-state index < -0.39 is 0 Å². The fourth-order valence-corrected chi connectivity index (χ4v) is 3.78. The molecule has 0 N–H and O–H groups in total. The molecule has 3 aliphatic heterocycles. The van der Waals surface area contributed by atoms with Gasteiger partial charge < -0.3 is 14.5 Å². The highest BCUT2D eigenvalue weighted by Crippen LogP contribution is 2.39. The van der Waals surface area contributed by atoms with Crippen molar-refractivity contribution < 1.29 is 14.3 Å². The molecule has 1 aromatic heterocycles. The Morgan fingerprint density at radius 2 is 2.12 bits per heavy atom. The van der Waals surface area contributed by atoms with E-state index in [4.69, 9.17) is 16.3 Å². The number of hydrogen-bond acceptors (Lipinski definition) is 5. The average Bonchev–Trinajstić information content (AvgIpc) is 3.09. The normalized spacial score (nSPS) is 23.3. The van der Waals surface area contributed by atoms with Crippen LogP contribution in [0.25, 0.3) is 0 Å². The molecule has 0 aromatic carbocycles. The summed E-state index contributed by atoms with van der Waals surface area (Å²) >= 11 is 6.09. The summed E-state index contributed by atoms with van der Waals surface area (Å²) in [6, 6.07) is 1.51. The summed E-state index contributed by atoms with van der Waals surface area (Å²) < 4.78 is 5.28. The number of morpholine rings is 1. The number of aromatic nitrogens is 1. The molecule has 3 aliphatic rings. The van der Waals surface area contributed by atoms with Gasteiger partial charge >= 0.3 is 0 Å². The number of carbonyl (C=O) groups is 2. The van der Waals surface area contributed by atoms with Crippen LogP contribution in [0.1, 0.15) is 12.8 Å². The zero-order valence-corrected chi connectivity index (χ0v) is 14.0. The van der Waals surface area contributed by atoms with Crippen LogP contribution in [0.15, 0.2) is 12.3 Å². The van der Waals surface area contributed by atoms with Crippen molar-refractivity contribution in [1.82, 2.24) is 9.88 Å². The Morgan fingerprint density at radius 1 is 1.33 bits per heavy atom. The van der Waals surface area contributed by atoms with Gasteiger partial charge in [0.1, 0.15) is 12.6 Å². The van der Waals surface area contributed by atoms with E-state index in [-0.39, 0.29) is 24.4 Å². The summed E-state index contributed by atoms with van der Waals surface area (Å²) in [6.45, 7) is 3.05. The predicted octanol–water partition coefficient (Wildman–Crippen LogP) is 0.909. The van der Waals surface area contributed by atoms with Gasteiger partial charge in [0.15, 0.2) is 5.82 Å². The lowest BCUT2D eigenvalue weighted by Crippen LogP contribution is -2.54. The van der Waals surface area contributed by atoms with Gasteiger partial charge in [-0.15, -0.1) is 0 Å². The van der Waals surface area contributed by atoms with Crippen molar-refractivity contribution >= 4 is 34.9 Å². The average molecular weight is 351 g/mol. The van der Waals surface area contributed by atoms with Gasteiger partial charge in [-0.2, -0.15) is 0 Å². The van der Waals surface area contributed by atoms with Crippen molar-refractivity contribution in [1.29, 1.82) is 0 Å². The zero-order valence-electron chi connectivity index (χ0n) is 13.3. The fraction of sp³-hybridized carbons (Fsp3) is 0.562. The Bertz CT molecular complexity index is 677. The summed E-state index contributed by atoms with van der Waals surface area (Å²) in [5.41, 5.74) is 0.632. The number of halogens is 1. The molecule has 4 rings (SSSR count). The minimum absolute atomic E-state index is 0.0260. The Kier molecular flexibility index (Phi) is 4.05. The summed E-state index contributed by atoms with van der Waals surface area (Å²) in [5, 5.41) is 0.461. The Hall–Kier alpha value is -1.86. The highest BCUT2D eigenvalue weighted by atomic mass is 35.5. The standard InChI is InChI=1S/C16H19ClN4O3/c17-11-8-13-15(18-9-11)20-3-1-2-12(20)16(23)21(13)10-14(22)19-4-6-24-7-5-19/h8-9,12H,1-7,10H2. The molecule has 24 heavy (non-hydrogen) atoms. The maximum absolute atomic E-state index is 12.9. The second-order valence-electron chi connectivity index (χ2n) is 6.27. The third-order valence-corrected chi connectivity index (χ3v) is 5.04. The molecule has 2 saturated heterocycles. The van der Waals surface area contributed by atoms with Crippen molar-refractivity contribution in [3.8, 4) is 0 Å². The van der Waals surface area contributed by atoms with Crippen LogP contribution >= 0.6 is 11.6 Å². The first-order valence-corrected chi connectivity index (χ1v) is 8.62. The molecule has 1 unspecified atom stereocenters. The highest BCUT2D eigenvalue weighted by Gasteiger charge is 2.42. The molecule has 128 valence electrons. The number of amides is 2. The van der Waals surface area contributed by atoms with Gasteiger partial charge in [-0.05, 0) is 18.9 Å². The molecule has 2 fully saturated rings. The second kappa shape index (κ2) is 6.22. The fourth-order valence-electron chi connectivity index (χ4n) is 3.63. The number of anilines is 2. The van der Waals surface area contributed by atoms with E-state index in [9.17, 15) is 9.59 Å². The number of rotatable bonds is 2. The van der Waals surface area contributed by atoms with Crippen molar-refractivity contribution in [3.63, 3.8) is 0 Å². The quantitative estimate of drug-likeness (QED) is 0.793. The molecule has 0 radical (unpaired) electrons. The molecule has 4 heterocycles. The van der Waals surface area contributed by atoms with Crippen molar-refractivity contribution in [2.45, 2.75) is 18.9 Å². The molecular weight excluding hydrogens is 332 g/mol. The van der Waals surface area contributed by atoms with E-state index in [1.54, 1.807) is 22.1 Å². The maximum Gasteiger partial charge on any atom is 0.250 e. The minimum Gasteiger partial charge on any atom is -0.378 e. The Labute approximate surface area is 145 Å². The molecular formula is C16H19ClN4O3. The Balaban J connectivity index is 1.64. The first-order valence-electron chi connectivity index (χ1n) is 8.24. The van der Waals surface area contributed by atoms with E-state index in [2.05, 4.69) is 4.98 Å². The van der Waals surface area contributed by atoms with Gasteiger partial charge in [0.2, 0.25) is 11.8 Å². The molecule has 7 nitrogen and oxygen atoms in total. The van der Waals surface area contributed by atoms with E-state index >= 15 is 0 Å². The summed E-state index contributed by atoms with van der Waals surface area (Å²) in [6.07, 6.45) is 3.34. The molecule has 1 aromatic rings. The van der Waals surface area contributed by atoms with Gasteiger partial charge in [0.25, 0.3) is 0 Å². The molecule has 8 heteroatoms. The number of hydrogen-bond donors (Lipinski definition) is 0. The number of carbonyl (C=O) groups excluding carboxylic acids is 2. The largest absolute Gasteiger partial charge is 0.378 e. The third kappa shape index (κ3) is 2.61. The summed E-state index contributed by atoms with van der Waals surface area (Å²) in [7, 11) is 0. The lowest BCUT2D eigenvalue weighted by molar-refractivity contribution is -0.135. The predicted molar refractivity (Wildman–Crippen MR) is 89.4 cm³/mol. The maximum atomic E-state index is 12.9. The topological polar surface area (TPSA) is 66.0 Å². The van der Waals surface area contributed by atoms with Crippen LogP contribution in [0.2, 0.25) is 5.02 Å². The van der Waals surface area contributed by atoms with Crippen molar-refractivity contribution in [2.75, 3.05) is 49.2 Å². The van der Waals surface area contributed by atoms with E-state index in [0.29, 0.717) is 37.0 Å². The zero-order chi connectivity index (χ0) is 16.7. The van der Waals surface area contributed by atoms with Gasteiger partial charge in [-0.1, -0.05) is 11.6 Å². The molecule has 2 amide bonds. The van der Waals surface area contributed by atoms with Crippen LogP contribution in [0, 0.1) is 0 Å². The van der Waals surface area contributed by atoms with Crippen LogP contribution in [0.5, 0.6) is 0 Å². The van der Waals surface area contributed by atoms with Crippen molar-refractivity contribution in [3.05, 3.63) is 17.3 Å². The summed E-state index contributed by atoms with van der Waals surface area (Å²) in [4.78, 5) is 35.3. The smallest absolute Gasteiger partial charge is 0.250 e. The molecule has 0 aliphatic carbocycles. The van der Waals surface area contributed by atoms with Gasteiger partial charge in [0, 0.05) is 25.8 Å². The molecule has 1 atom stereocenters. The first kappa shape index (κ1) is 15.7. The lowest BCUT2D eigenvalue weighted by atomic mass is 10.1. The molecule has 0 spiro atoms. The number of ether oxygens (including phenoxy) is 1. The highest BCUT2D eigenvalue weighted by molar-refractivity contribution is 6.31. The third-order valence-electron chi connectivity index (χ3n) is 4.84. The minimum atomic E-state index is -0.219. The van der Waals surface area contributed by atoms with Gasteiger partial charge in [0.05, 0.1) is 23.9 Å². The van der Waals surface area contributed by atoms with Crippen LogP contribution in [0.4, 0.5) is 11.5 Å². The lowest BCUT2D eigenvalue weighted by Gasteiger charge is -2.39. The van der Waals surface area contributed by atoms with E-state index in [0.717, 1.165) is 25.2 Å². The summed E-state index contributed by atoms with van der Waals surface area (Å²) in [5.74, 6) is 0.644. The number of fused-ring (bicyclic) bond motifs is 3. The van der Waals surface area contributed by atoms with Gasteiger partial charge in [-0.3, -0.25) is 14.5 Å². The van der Waals surface area contributed by atoms with Crippen LogP contribution in [0.3, 0.4) is 0 Å². The van der Waals surface area contributed by atoms with Crippen molar-refractivity contribution in [2.24, 2.45) is 0 Å².